The number of ether oxygens (including phenoxy) is 6. The molecule has 5 rings (SSSR count). The molecule has 0 radical (unpaired) electrons. The van der Waals surface area contributed by atoms with Crippen molar-refractivity contribution in [3.63, 3.8) is 0 Å². The number of epoxide rings is 1. The number of carbonyl (C=O) groups is 7. The summed E-state index contributed by atoms with van der Waals surface area (Å²) in [7, 11) is 6.01. The monoisotopic (exact) mass is 1060 g/mol. The van der Waals surface area contributed by atoms with Crippen molar-refractivity contribution >= 4 is 70.5 Å². The number of nitrogens with zero attached hydrogens (tertiary/aromatic N) is 3. The van der Waals surface area contributed by atoms with Crippen LogP contribution in [0.25, 0.3) is 0 Å². The van der Waals surface area contributed by atoms with Gasteiger partial charge in [0.2, 0.25) is 23.6 Å². The van der Waals surface area contributed by atoms with Crippen molar-refractivity contribution in [1.82, 2.24) is 20.4 Å². The molecule has 2 unspecified atom stereocenters. The maximum Gasteiger partial charge on any atom is 0.409 e. The SMILES string of the molecule is COc1cc2cc(c1Cl)N(C)C(=O)C[C@H](OC(=O)[C@H](C)N(C)C(O)CCC(C)(C)SC1CC(=O)N(CCC(=O)NCCOCCC(C)=O)C1=O)[C@]1(C)O[C@H]1[C@H](C)[C@@H]1C[C@@](O)(NC(=O)O1)[C@H](OC)/C=C/C=C(\C)C2. The Balaban J connectivity index is 1.27. The Hall–Kier alpha value is -4.61. The largest absolute Gasteiger partial charge is 0.495 e. The minimum absolute atomic E-state index is 0.00500. The van der Waals surface area contributed by atoms with Crippen LogP contribution in [0.3, 0.4) is 0 Å². The maximum absolute atomic E-state index is 14.4. The first-order valence-corrected chi connectivity index (χ1v) is 25.8. The first kappa shape index (κ1) is 59.3. The summed E-state index contributed by atoms with van der Waals surface area (Å²) in [6, 6.07) is 2.51. The number of aliphatic hydroxyl groups is 2. The topological polar surface area (TPSA) is 252 Å². The standard InChI is InChI=1S/C51H74ClN5O15S/c1-29-13-12-14-38(68-11)51(66)28-36(70-48(65)54-51)31(3)45-50(7,72-45)39(27-42(61)56(9)34-24-33(23-29)25-35(67-10)44(34)52)71-47(64)32(4)55(8)41(60)15-18-49(5,6)73-37-26-43(62)57(46(37)63)20-16-40(59)53-19-22-69-21-17-30(2)58/h12-14,24-25,31-32,36-39,41,45,60,66H,15-23,26-28H2,1-11H3,(H,53,59)(H,54,65)/b14-12+,29-13+/t31-,32+,36+,37?,38-,39+,41?,45+,50+,51+/m1/s1. The third kappa shape index (κ3) is 15.3. The Bertz CT molecular complexity index is 2280. The van der Waals surface area contributed by atoms with E-state index in [4.69, 9.17) is 40.0 Å². The molecule has 3 saturated heterocycles. The predicted octanol–water partition coefficient (Wildman–Crippen LogP) is 4.23. The van der Waals surface area contributed by atoms with Crippen LogP contribution in [0.5, 0.6) is 5.75 Å². The highest BCUT2D eigenvalue weighted by atomic mass is 35.5. The number of aliphatic hydroxyl groups excluding tert-OH is 1. The maximum atomic E-state index is 14.4. The molecule has 3 fully saturated rings. The van der Waals surface area contributed by atoms with Gasteiger partial charge in [-0.25, -0.2) is 4.79 Å². The van der Waals surface area contributed by atoms with Gasteiger partial charge in [0.15, 0.2) is 5.72 Å². The van der Waals surface area contributed by atoms with E-state index in [2.05, 4.69) is 10.6 Å². The average Bonchev–Trinajstić information content (AvgIpc) is 3.95. The number of carbonyl (C=O) groups excluding carboxylic acids is 7. The molecule has 0 saturated carbocycles. The van der Waals surface area contributed by atoms with E-state index in [1.165, 1.54) is 42.7 Å². The summed E-state index contributed by atoms with van der Waals surface area (Å²) >= 11 is 8.13. The summed E-state index contributed by atoms with van der Waals surface area (Å²) in [5, 5.41) is 28.0. The van der Waals surface area contributed by atoms with Crippen LogP contribution in [-0.4, -0.2) is 174 Å². The number of Topliss-reactive ketones (excluding diaryl/α,β-unsaturated/α-hetero) is 1. The molecule has 1 aromatic carbocycles. The van der Waals surface area contributed by atoms with Crippen molar-refractivity contribution in [2.75, 3.05) is 59.5 Å². The number of amides is 5. The Morgan fingerprint density at radius 2 is 1.82 bits per heavy atom. The Labute approximate surface area is 437 Å². The highest BCUT2D eigenvalue weighted by Gasteiger charge is 2.64. The third-order valence-corrected chi connectivity index (χ3v) is 15.9. The van der Waals surface area contributed by atoms with Crippen LogP contribution in [-0.2, 0) is 58.9 Å². The van der Waals surface area contributed by atoms with Gasteiger partial charge < -0.3 is 48.9 Å². The number of allylic oxidation sites excluding steroid dienone is 3. The lowest BCUT2D eigenvalue weighted by Crippen LogP contribution is -2.63. The number of nitrogens with one attached hydrogen (secondary N) is 2. The van der Waals surface area contributed by atoms with E-state index in [1.54, 1.807) is 59.2 Å². The van der Waals surface area contributed by atoms with Crippen LogP contribution in [0.4, 0.5) is 10.5 Å². The molecule has 0 aromatic heterocycles. The van der Waals surface area contributed by atoms with E-state index < -0.39 is 87.8 Å². The first-order chi connectivity index (χ1) is 34.2. The molecule has 4 aliphatic rings. The highest BCUT2D eigenvalue weighted by Crippen LogP contribution is 2.49. The molecule has 1 aromatic rings. The van der Waals surface area contributed by atoms with Gasteiger partial charge in [0.1, 0.15) is 52.7 Å². The zero-order valence-electron chi connectivity index (χ0n) is 43.8. The van der Waals surface area contributed by atoms with Crippen LogP contribution >= 0.6 is 23.4 Å². The number of hydrogen-bond donors (Lipinski definition) is 4. The minimum atomic E-state index is -1.88. The molecule has 4 N–H and O–H groups in total. The molecule has 406 valence electrons. The van der Waals surface area contributed by atoms with Gasteiger partial charge in [-0.3, -0.25) is 43.9 Å². The fourth-order valence-corrected chi connectivity index (χ4v) is 11.0. The number of likely N-dealkylation sites (tertiary alicyclic amines) is 1. The zero-order valence-corrected chi connectivity index (χ0v) is 45.4. The summed E-state index contributed by atoms with van der Waals surface area (Å²) < 4.78 is 34.3. The Kier molecular flexibility index (Phi) is 20.5. The van der Waals surface area contributed by atoms with Crippen LogP contribution in [0.15, 0.2) is 35.9 Å². The molecule has 4 bridgehead atoms. The predicted molar refractivity (Wildman–Crippen MR) is 272 cm³/mol. The summed E-state index contributed by atoms with van der Waals surface area (Å²) in [6.07, 6.45) is 0.0340. The van der Waals surface area contributed by atoms with Crippen molar-refractivity contribution < 1.29 is 72.2 Å². The number of alkyl carbamates (subject to hydrolysis) is 1. The second-order valence-electron chi connectivity index (χ2n) is 20.2. The number of ketones is 1. The number of thioether (sulfide) groups is 1. The molecule has 0 spiro atoms. The number of imide groups is 1. The Morgan fingerprint density at radius 1 is 1.11 bits per heavy atom. The van der Waals surface area contributed by atoms with Gasteiger partial charge in [-0.2, -0.15) is 0 Å². The van der Waals surface area contributed by atoms with E-state index in [1.807, 2.05) is 26.8 Å². The smallest absolute Gasteiger partial charge is 0.409 e. The normalized spacial score (nSPS) is 28.8. The van der Waals surface area contributed by atoms with E-state index in [0.29, 0.717) is 24.3 Å². The van der Waals surface area contributed by atoms with Gasteiger partial charge in [-0.1, -0.05) is 56.2 Å². The molecule has 22 heteroatoms. The van der Waals surface area contributed by atoms with Gasteiger partial charge >= 0.3 is 12.1 Å². The van der Waals surface area contributed by atoms with Crippen molar-refractivity contribution in [2.24, 2.45) is 5.92 Å². The minimum Gasteiger partial charge on any atom is -0.495 e. The molecular weight excluding hydrogens is 990 g/mol. The molecule has 73 heavy (non-hydrogen) atoms. The number of fused-ring (bicyclic) bond motifs is 5. The van der Waals surface area contributed by atoms with E-state index in [0.717, 1.165) is 16.0 Å². The molecule has 10 atom stereocenters. The third-order valence-electron chi connectivity index (χ3n) is 14.0. The quantitative estimate of drug-likeness (QED) is 0.0469. The van der Waals surface area contributed by atoms with E-state index >= 15 is 0 Å². The summed E-state index contributed by atoms with van der Waals surface area (Å²) in [4.78, 5) is 95.3. The Morgan fingerprint density at radius 3 is 2.49 bits per heavy atom. The fraction of sp³-hybridized carbons (Fsp3) is 0.667. The van der Waals surface area contributed by atoms with Gasteiger partial charge in [0.25, 0.3) is 0 Å². The number of rotatable bonds is 20. The lowest BCUT2D eigenvalue weighted by atomic mass is 9.83. The van der Waals surface area contributed by atoms with Crippen molar-refractivity contribution in [3.05, 3.63) is 46.5 Å². The molecule has 4 aliphatic heterocycles. The number of anilines is 1. The zero-order chi connectivity index (χ0) is 54.2. The second-order valence-corrected chi connectivity index (χ2v) is 22.5. The van der Waals surface area contributed by atoms with Crippen molar-refractivity contribution in [2.45, 2.75) is 158 Å². The molecule has 0 aliphatic carbocycles. The van der Waals surface area contributed by atoms with Crippen LogP contribution in [0, 0.1) is 5.92 Å². The number of halogens is 1. The number of hydrogen-bond acceptors (Lipinski definition) is 17. The number of benzene rings is 1. The van der Waals surface area contributed by atoms with Gasteiger partial charge in [-0.15, -0.1) is 11.8 Å². The number of likely N-dealkylation sites (N-methyl/N-ethyl adjacent to an activating group) is 1. The number of esters is 1. The van der Waals surface area contributed by atoms with Gasteiger partial charge in [0.05, 0.1) is 43.8 Å². The van der Waals surface area contributed by atoms with Crippen molar-refractivity contribution in [3.8, 4) is 5.75 Å². The number of methoxy groups -OCH3 is 2. The summed E-state index contributed by atoms with van der Waals surface area (Å²) in [5.41, 5.74) is -1.14. The summed E-state index contributed by atoms with van der Waals surface area (Å²) in [5.74, 6) is -2.60. The first-order valence-electron chi connectivity index (χ1n) is 24.6. The average molecular weight is 1060 g/mol. The van der Waals surface area contributed by atoms with Crippen LogP contribution in [0.2, 0.25) is 5.02 Å². The molecular formula is C51H74ClN5O15S. The van der Waals surface area contributed by atoms with Gasteiger partial charge in [-0.05, 0) is 71.7 Å². The van der Waals surface area contributed by atoms with Crippen molar-refractivity contribution in [1.29, 1.82) is 0 Å². The fourth-order valence-electron chi connectivity index (χ4n) is 9.25. The lowest BCUT2D eigenvalue weighted by molar-refractivity contribution is -0.163. The van der Waals surface area contributed by atoms with Crippen LogP contribution < -0.4 is 20.3 Å². The molecule has 5 amide bonds. The van der Waals surface area contributed by atoms with Crippen LogP contribution in [0.1, 0.15) is 99.0 Å². The molecule has 20 nitrogen and oxygen atoms in total. The highest BCUT2D eigenvalue weighted by molar-refractivity contribution is 8.02. The lowest BCUT2D eigenvalue weighted by Gasteiger charge is -2.42. The molecule has 4 heterocycles. The summed E-state index contributed by atoms with van der Waals surface area (Å²) in [6.45, 7) is 12.8. The van der Waals surface area contributed by atoms with E-state index in [-0.39, 0.29) is 87.4 Å². The second kappa shape index (κ2) is 25.3. The van der Waals surface area contributed by atoms with Gasteiger partial charge in [0, 0.05) is 63.6 Å². The van der Waals surface area contributed by atoms with E-state index in [9.17, 15) is 43.8 Å².